The smallest absolute Gasteiger partial charge is 0.274 e. The number of anilines is 1. The molecule has 10 nitrogen and oxygen atoms in total. The largest absolute Gasteiger partial charge is 0.366 e. The van der Waals surface area contributed by atoms with E-state index >= 15 is 0 Å². The molecule has 1 saturated heterocycles. The van der Waals surface area contributed by atoms with Gasteiger partial charge < -0.3 is 25.8 Å². The van der Waals surface area contributed by atoms with Gasteiger partial charge in [-0.1, -0.05) is 24.3 Å². The number of hydrogen-bond acceptors (Lipinski definition) is 6. The van der Waals surface area contributed by atoms with Crippen LogP contribution in [-0.2, 0) is 0 Å². The van der Waals surface area contributed by atoms with Gasteiger partial charge in [0.2, 0.25) is 0 Å². The molecule has 3 heterocycles. The van der Waals surface area contributed by atoms with Gasteiger partial charge in [0.1, 0.15) is 11.8 Å². The second kappa shape index (κ2) is 11.0. The Morgan fingerprint density at radius 1 is 1.00 bits per heavy atom. The van der Waals surface area contributed by atoms with Crippen molar-refractivity contribution in [1.29, 1.82) is 5.26 Å². The number of benzene rings is 3. The minimum Gasteiger partial charge on any atom is -0.366 e. The number of nitrogens with zero attached hydrogens (tertiary/aromatic N) is 4. The summed E-state index contributed by atoms with van der Waals surface area (Å²) >= 11 is 0. The van der Waals surface area contributed by atoms with Gasteiger partial charge in [-0.25, -0.2) is 4.98 Å². The second-order valence-electron chi connectivity index (χ2n) is 10.7. The summed E-state index contributed by atoms with van der Waals surface area (Å²) in [5.74, 6) is -0.992. The predicted molar refractivity (Wildman–Crippen MR) is 165 cm³/mol. The molecule has 3 aromatic carbocycles. The fourth-order valence-corrected chi connectivity index (χ4v) is 5.61. The summed E-state index contributed by atoms with van der Waals surface area (Å²) in [5.41, 5.74) is 11.6. The lowest BCUT2D eigenvalue weighted by Gasteiger charge is -2.32. The van der Waals surface area contributed by atoms with E-state index in [-0.39, 0.29) is 11.6 Å². The van der Waals surface area contributed by atoms with Crippen LogP contribution >= 0.6 is 0 Å². The molecule has 0 aliphatic carbocycles. The summed E-state index contributed by atoms with van der Waals surface area (Å²) in [6.07, 6.45) is 1.36. The molecule has 10 heteroatoms. The van der Waals surface area contributed by atoms with E-state index in [0.29, 0.717) is 41.0 Å². The van der Waals surface area contributed by atoms with E-state index in [1.165, 1.54) is 12.3 Å². The molecular formula is C33H29N7O3. The molecule has 0 saturated carbocycles. The zero-order valence-corrected chi connectivity index (χ0v) is 23.8. The van der Waals surface area contributed by atoms with Gasteiger partial charge in [-0.3, -0.25) is 14.4 Å². The van der Waals surface area contributed by atoms with Gasteiger partial charge in [0, 0.05) is 59.9 Å². The van der Waals surface area contributed by atoms with Crippen LogP contribution in [0.5, 0.6) is 0 Å². The number of pyridine rings is 1. The number of rotatable bonds is 5. The molecule has 0 bridgehead atoms. The molecule has 5 aromatic rings. The molecule has 0 radical (unpaired) electrons. The molecule has 3 amide bonds. The highest BCUT2D eigenvalue weighted by Crippen LogP contribution is 2.39. The first-order valence-corrected chi connectivity index (χ1v) is 13.9. The Morgan fingerprint density at radius 3 is 2.49 bits per heavy atom. The van der Waals surface area contributed by atoms with Crippen molar-refractivity contribution in [2.24, 2.45) is 5.73 Å². The maximum absolute atomic E-state index is 13.3. The Hall–Kier alpha value is -5.53. The van der Waals surface area contributed by atoms with E-state index in [2.05, 4.69) is 20.2 Å². The number of carbonyl (C=O) groups excluding carboxylic acids is 3. The van der Waals surface area contributed by atoms with Crippen LogP contribution < -0.4 is 11.1 Å². The molecular weight excluding hydrogens is 542 g/mol. The van der Waals surface area contributed by atoms with Gasteiger partial charge in [-0.05, 0) is 67.1 Å². The molecule has 214 valence electrons. The number of nitriles is 1. The van der Waals surface area contributed by atoms with Crippen molar-refractivity contribution in [2.45, 2.75) is 6.92 Å². The van der Waals surface area contributed by atoms with Crippen molar-refractivity contribution in [1.82, 2.24) is 19.8 Å². The Kier molecular flexibility index (Phi) is 7.09. The van der Waals surface area contributed by atoms with E-state index in [0.717, 1.165) is 46.1 Å². The first-order chi connectivity index (χ1) is 20.7. The number of piperazine rings is 1. The topological polar surface area (TPSA) is 148 Å². The molecule has 1 aliphatic heterocycles. The highest BCUT2D eigenvalue weighted by atomic mass is 16.2. The number of aromatic amines is 1. The fraction of sp³-hybridized carbons (Fsp3) is 0.182. The Labute approximate surface area is 247 Å². The SMILES string of the molecule is Cc1c(NC(=O)c2ccc(C#N)cn2)cccc1-c1ccc(C(N)=O)c2[nH]c3cc(C(=O)N4CCN(C)CC4)ccc3c12. The summed E-state index contributed by atoms with van der Waals surface area (Å²) in [7, 11) is 2.05. The summed E-state index contributed by atoms with van der Waals surface area (Å²) in [4.78, 5) is 50.2. The first kappa shape index (κ1) is 27.6. The Balaban J connectivity index is 1.42. The quantitative estimate of drug-likeness (QED) is 0.286. The van der Waals surface area contributed by atoms with Gasteiger partial charge in [-0.15, -0.1) is 0 Å². The minimum atomic E-state index is -0.565. The van der Waals surface area contributed by atoms with Crippen LogP contribution in [-0.4, -0.2) is 70.7 Å². The molecule has 1 aliphatic rings. The molecule has 1 fully saturated rings. The average molecular weight is 572 g/mol. The van der Waals surface area contributed by atoms with Crippen LogP contribution in [0.4, 0.5) is 5.69 Å². The number of nitrogens with one attached hydrogen (secondary N) is 2. The van der Waals surface area contributed by atoms with Crippen molar-refractivity contribution < 1.29 is 14.4 Å². The number of nitrogens with two attached hydrogens (primary N) is 1. The van der Waals surface area contributed by atoms with Crippen LogP contribution in [0.25, 0.3) is 32.9 Å². The molecule has 2 aromatic heterocycles. The second-order valence-corrected chi connectivity index (χ2v) is 10.7. The van der Waals surface area contributed by atoms with Gasteiger partial charge in [0.15, 0.2) is 0 Å². The summed E-state index contributed by atoms with van der Waals surface area (Å²) < 4.78 is 0. The molecule has 6 rings (SSSR count). The van der Waals surface area contributed by atoms with E-state index in [9.17, 15) is 14.4 Å². The van der Waals surface area contributed by atoms with Gasteiger partial charge in [0.05, 0.1) is 16.6 Å². The monoisotopic (exact) mass is 571 g/mol. The maximum atomic E-state index is 13.3. The lowest BCUT2D eigenvalue weighted by molar-refractivity contribution is 0.0664. The maximum Gasteiger partial charge on any atom is 0.274 e. The van der Waals surface area contributed by atoms with Crippen molar-refractivity contribution in [3.8, 4) is 17.2 Å². The molecule has 0 spiro atoms. The van der Waals surface area contributed by atoms with E-state index in [4.69, 9.17) is 11.0 Å². The third-order valence-electron chi connectivity index (χ3n) is 8.05. The molecule has 0 unspecified atom stereocenters. The van der Waals surface area contributed by atoms with Crippen LogP contribution in [0.2, 0.25) is 0 Å². The zero-order chi connectivity index (χ0) is 30.2. The molecule has 0 atom stereocenters. The van der Waals surface area contributed by atoms with Crippen LogP contribution in [0, 0.1) is 18.3 Å². The number of H-pyrrole nitrogens is 1. The van der Waals surface area contributed by atoms with Crippen molar-refractivity contribution in [3.63, 3.8) is 0 Å². The zero-order valence-electron chi connectivity index (χ0n) is 23.8. The lowest BCUT2D eigenvalue weighted by Crippen LogP contribution is -2.47. The number of hydrogen-bond donors (Lipinski definition) is 3. The normalized spacial score (nSPS) is 13.7. The highest BCUT2D eigenvalue weighted by Gasteiger charge is 2.23. The van der Waals surface area contributed by atoms with Crippen molar-refractivity contribution in [3.05, 3.63) is 94.8 Å². The third kappa shape index (κ3) is 5.07. The van der Waals surface area contributed by atoms with E-state index < -0.39 is 11.8 Å². The third-order valence-corrected chi connectivity index (χ3v) is 8.05. The number of primary amides is 1. The fourth-order valence-electron chi connectivity index (χ4n) is 5.61. The minimum absolute atomic E-state index is 0.0277. The van der Waals surface area contributed by atoms with Gasteiger partial charge >= 0.3 is 0 Å². The first-order valence-electron chi connectivity index (χ1n) is 13.9. The van der Waals surface area contributed by atoms with E-state index in [1.54, 1.807) is 18.2 Å². The standard InChI is InChI=1S/C33H29N7O3/c1-19-22(4-3-5-26(19)38-32(42)27-11-6-20(17-34)18-36-27)23-9-10-25(31(35)41)30-29(23)24-8-7-21(16-28(24)37-30)33(43)40-14-12-39(2)13-15-40/h3-11,16,18,37H,12-15H2,1-2H3,(H2,35,41)(H,38,42). The van der Waals surface area contributed by atoms with Crippen LogP contribution in [0.1, 0.15) is 42.3 Å². The molecule has 4 N–H and O–H groups in total. The highest BCUT2D eigenvalue weighted by molar-refractivity contribution is 6.20. The van der Waals surface area contributed by atoms with Crippen LogP contribution in [0.3, 0.4) is 0 Å². The number of fused-ring (bicyclic) bond motifs is 3. The summed E-state index contributed by atoms with van der Waals surface area (Å²) in [6, 6.07) is 19.8. The van der Waals surface area contributed by atoms with Crippen LogP contribution in [0.15, 0.2) is 66.9 Å². The van der Waals surface area contributed by atoms with Crippen molar-refractivity contribution >= 4 is 45.2 Å². The average Bonchev–Trinajstić information content (AvgIpc) is 3.40. The predicted octanol–water partition coefficient (Wildman–Crippen LogP) is 4.30. The Morgan fingerprint density at radius 2 is 1.79 bits per heavy atom. The number of likely N-dealkylation sites (N-methyl/N-ethyl adjacent to an activating group) is 1. The number of carbonyl (C=O) groups is 3. The van der Waals surface area contributed by atoms with E-state index in [1.807, 2.05) is 61.3 Å². The molecule has 43 heavy (non-hydrogen) atoms. The summed E-state index contributed by atoms with van der Waals surface area (Å²) in [6.45, 7) is 4.91. The van der Waals surface area contributed by atoms with Crippen molar-refractivity contribution in [2.75, 3.05) is 38.5 Å². The Bertz CT molecular complexity index is 1960. The number of amides is 3. The van der Waals surface area contributed by atoms with Gasteiger partial charge in [0.25, 0.3) is 17.7 Å². The number of aromatic nitrogens is 2. The lowest BCUT2D eigenvalue weighted by atomic mass is 9.93. The van der Waals surface area contributed by atoms with Gasteiger partial charge in [-0.2, -0.15) is 5.26 Å². The summed E-state index contributed by atoms with van der Waals surface area (Å²) in [5, 5.41) is 13.6.